The monoisotopic (exact) mass is 298 g/mol. The predicted octanol–water partition coefficient (Wildman–Crippen LogP) is 1.05. The molecule has 1 aromatic heterocycles. The van der Waals surface area contributed by atoms with Crippen LogP contribution in [0.4, 0.5) is 0 Å². The van der Waals surface area contributed by atoms with E-state index in [1.165, 1.54) is 4.57 Å². The van der Waals surface area contributed by atoms with E-state index in [-0.39, 0.29) is 0 Å². The lowest BCUT2D eigenvalue weighted by Gasteiger charge is -2.18. The summed E-state index contributed by atoms with van der Waals surface area (Å²) in [6, 6.07) is 4.43. The number of sulfone groups is 1. The summed E-state index contributed by atoms with van der Waals surface area (Å²) >= 11 is 0. The third-order valence-corrected chi connectivity index (χ3v) is 5.22. The SMILES string of the molecule is CCn1c(=O)oc2cc(C(N)C(C)S(C)(=O)=O)ccc21. The molecule has 0 aliphatic rings. The van der Waals surface area contributed by atoms with Gasteiger partial charge in [-0.2, -0.15) is 0 Å². The maximum Gasteiger partial charge on any atom is 0.419 e. The molecule has 6 nitrogen and oxygen atoms in total. The van der Waals surface area contributed by atoms with Crippen molar-refractivity contribution < 1.29 is 12.8 Å². The first kappa shape index (κ1) is 14.8. The van der Waals surface area contributed by atoms with Gasteiger partial charge in [-0.25, -0.2) is 13.2 Å². The van der Waals surface area contributed by atoms with Crippen molar-refractivity contribution in [2.75, 3.05) is 6.26 Å². The third-order valence-electron chi connectivity index (χ3n) is 3.57. The lowest BCUT2D eigenvalue weighted by molar-refractivity contribution is 0.512. The average Bonchev–Trinajstić information content (AvgIpc) is 2.69. The van der Waals surface area contributed by atoms with Crippen LogP contribution in [0.5, 0.6) is 0 Å². The van der Waals surface area contributed by atoms with Gasteiger partial charge in [0.05, 0.1) is 10.8 Å². The Morgan fingerprint density at radius 3 is 2.60 bits per heavy atom. The summed E-state index contributed by atoms with van der Waals surface area (Å²) in [5.74, 6) is -0.426. The molecule has 110 valence electrons. The summed E-state index contributed by atoms with van der Waals surface area (Å²) < 4.78 is 29.8. The van der Waals surface area contributed by atoms with E-state index in [9.17, 15) is 13.2 Å². The van der Waals surface area contributed by atoms with Gasteiger partial charge >= 0.3 is 5.76 Å². The number of fused-ring (bicyclic) bond motifs is 1. The smallest absolute Gasteiger partial charge is 0.408 e. The van der Waals surface area contributed by atoms with Gasteiger partial charge in [0.2, 0.25) is 0 Å². The zero-order chi connectivity index (χ0) is 15.1. The molecule has 0 fully saturated rings. The molecule has 1 heterocycles. The number of nitrogens with two attached hydrogens (primary N) is 1. The molecule has 20 heavy (non-hydrogen) atoms. The first-order chi connectivity index (χ1) is 9.25. The fraction of sp³-hybridized carbons (Fsp3) is 0.462. The van der Waals surface area contributed by atoms with Crippen LogP contribution in [-0.4, -0.2) is 24.5 Å². The molecule has 2 atom stereocenters. The highest BCUT2D eigenvalue weighted by Gasteiger charge is 2.24. The summed E-state index contributed by atoms with van der Waals surface area (Å²) in [7, 11) is -3.23. The van der Waals surface area contributed by atoms with Crippen molar-refractivity contribution >= 4 is 20.9 Å². The number of hydrogen-bond donors (Lipinski definition) is 1. The molecule has 0 saturated heterocycles. The highest BCUT2D eigenvalue weighted by Crippen LogP contribution is 2.23. The third kappa shape index (κ3) is 2.51. The molecule has 0 saturated carbocycles. The molecular formula is C13H18N2O4S. The van der Waals surface area contributed by atoms with E-state index in [1.54, 1.807) is 25.1 Å². The standard InChI is InChI=1S/C13H18N2O4S/c1-4-15-10-6-5-9(7-11(10)19-13(15)16)12(14)8(2)20(3,17)18/h5-8,12H,4,14H2,1-3H3. The number of nitrogens with zero attached hydrogens (tertiary/aromatic N) is 1. The molecule has 1 aromatic carbocycles. The Bertz CT molecular complexity index is 788. The summed E-state index contributed by atoms with van der Waals surface area (Å²) in [6.07, 6.45) is 1.16. The van der Waals surface area contributed by atoms with Gasteiger partial charge in [0.25, 0.3) is 0 Å². The summed E-state index contributed by atoms with van der Waals surface area (Å²) in [5.41, 5.74) is 7.72. The van der Waals surface area contributed by atoms with Crippen molar-refractivity contribution in [3.63, 3.8) is 0 Å². The van der Waals surface area contributed by atoms with Crippen molar-refractivity contribution in [3.05, 3.63) is 34.3 Å². The van der Waals surface area contributed by atoms with Gasteiger partial charge in [-0.1, -0.05) is 6.07 Å². The minimum absolute atomic E-state index is 0.422. The van der Waals surface area contributed by atoms with Crippen molar-refractivity contribution in [3.8, 4) is 0 Å². The molecule has 7 heteroatoms. The second-order valence-corrected chi connectivity index (χ2v) is 7.30. The Hall–Kier alpha value is -1.60. The minimum Gasteiger partial charge on any atom is -0.408 e. The number of hydrogen-bond acceptors (Lipinski definition) is 5. The van der Waals surface area contributed by atoms with Crippen molar-refractivity contribution in [1.29, 1.82) is 0 Å². The zero-order valence-corrected chi connectivity index (χ0v) is 12.5. The van der Waals surface area contributed by atoms with Crippen LogP contribution in [0.1, 0.15) is 25.5 Å². The number of aryl methyl sites for hydroxylation is 1. The van der Waals surface area contributed by atoms with Crippen LogP contribution in [0.25, 0.3) is 11.1 Å². The Balaban J connectivity index is 2.50. The van der Waals surface area contributed by atoms with Gasteiger partial charge in [-0.3, -0.25) is 4.57 Å². The zero-order valence-electron chi connectivity index (χ0n) is 11.7. The fourth-order valence-electron chi connectivity index (χ4n) is 2.13. The van der Waals surface area contributed by atoms with Crippen LogP contribution in [-0.2, 0) is 16.4 Å². The maximum atomic E-state index is 11.6. The fourth-order valence-corrected chi connectivity index (χ4v) is 2.82. The molecule has 2 rings (SSSR count). The van der Waals surface area contributed by atoms with Gasteiger partial charge < -0.3 is 10.2 Å². The van der Waals surface area contributed by atoms with Crippen molar-refractivity contribution in [2.24, 2.45) is 5.73 Å². The van der Waals surface area contributed by atoms with E-state index in [0.717, 1.165) is 6.26 Å². The van der Waals surface area contributed by atoms with E-state index in [0.29, 0.717) is 23.2 Å². The molecule has 2 N–H and O–H groups in total. The van der Waals surface area contributed by atoms with Gasteiger partial charge in [0, 0.05) is 18.8 Å². The van der Waals surface area contributed by atoms with Crippen molar-refractivity contribution in [2.45, 2.75) is 31.7 Å². The largest absolute Gasteiger partial charge is 0.419 e. The number of rotatable bonds is 4. The van der Waals surface area contributed by atoms with Crippen LogP contribution >= 0.6 is 0 Å². The average molecular weight is 298 g/mol. The van der Waals surface area contributed by atoms with Crippen LogP contribution in [0.15, 0.2) is 27.4 Å². The summed E-state index contributed by atoms with van der Waals surface area (Å²) in [6.45, 7) is 3.93. The molecule has 0 aliphatic heterocycles. The molecule has 2 unspecified atom stereocenters. The van der Waals surface area contributed by atoms with Gasteiger partial charge in [-0.05, 0) is 31.5 Å². The summed E-state index contributed by atoms with van der Waals surface area (Å²) in [5, 5.41) is -0.708. The van der Waals surface area contributed by atoms with Crippen LogP contribution < -0.4 is 11.5 Å². The Labute approximate surface area is 117 Å². The first-order valence-electron chi connectivity index (χ1n) is 6.33. The lowest BCUT2D eigenvalue weighted by Crippen LogP contribution is -2.30. The Kier molecular flexibility index (Phi) is 3.75. The van der Waals surface area contributed by atoms with E-state index in [4.69, 9.17) is 10.2 Å². The van der Waals surface area contributed by atoms with Gasteiger partial charge in [0.1, 0.15) is 0 Å². The second-order valence-electron chi connectivity index (χ2n) is 4.90. The molecular weight excluding hydrogens is 280 g/mol. The normalized spacial score (nSPS) is 15.4. The highest BCUT2D eigenvalue weighted by molar-refractivity contribution is 7.91. The van der Waals surface area contributed by atoms with E-state index >= 15 is 0 Å². The van der Waals surface area contributed by atoms with Gasteiger partial charge in [-0.15, -0.1) is 0 Å². The van der Waals surface area contributed by atoms with Crippen LogP contribution in [0.3, 0.4) is 0 Å². The lowest BCUT2D eigenvalue weighted by atomic mass is 10.0. The molecule has 0 bridgehead atoms. The van der Waals surface area contributed by atoms with Gasteiger partial charge in [0.15, 0.2) is 15.4 Å². The van der Waals surface area contributed by atoms with E-state index in [2.05, 4.69) is 0 Å². The van der Waals surface area contributed by atoms with E-state index in [1.807, 2.05) is 6.92 Å². The minimum atomic E-state index is -3.23. The number of benzene rings is 1. The second kappa shape index (κ2) is 5.06. The van der Waals surface area contributed by atoms with Crippen LogP contribution in [0, 0.1) is 0 Å². The molecule has 0 spiro atoms. The predicted molar refractivity (Wildman–Crippen MR) is 77.4 cm³/mol. The molecule has 2 aromatic rings. The number of oxazole rings is 1. The topological polar surface area (TPSA) is 95.3 Å². The maximum absolute atomic E-state index is 11.6. The first-order valence-corrected chi connectivity index (χ1v) is 8.29. The highest BCUT2D eigenvalue weighted by atomic mass is 32.2. The summed E-state index contributed by atoms with van der Waals surface area (Å²) in [4.78, 5) is 11.6. The quantitative estimate of drug-likeness (QED) is 0.910. The molecule has 0 aliphatic carbocycles. The molecule has 0 radical (unpaired) electrons. The number of aromatic nitrogens is 1. The molecule has 0 amide bonds. The van der Waals surface area contributed by atoms with Crippen molar-refractivity contribution in [1.82, 2.24) is 4.57 Å². The Morgan fingerprint density at radius 1 is 1.40 bits per heavy atom. The van der Waals surface area contributed by atoms with E-state index < -0.39 is 26.9 Å². The Morgan fingerprint density at radius 2 is 2.05 bits per heavy atom. The van der Waals surface area contributed by atoms with Crippen LogP contribution in [0.2, 0.25) is 0 Å².